The molecule has 0 aliphatic rings. The van der Waals surface area contributed by atoms with Crippen molar-refractivity contribution >= 4 is 34.7 Å². The quantitative estimate of drug-likeness (QED) is 0.612. The molecule has 78 valence electrons. The van der Waals surface area contributed by atoms with Crippen LogP contribution in [0.15, 0.2) is 15.6 Å². The Bertz CT molecular complexity index is 485. The number of aromatic nitrogens is 4. The fraction of sp³-hybridized carbons (Fsp3) is 0.250. The molecule has 0 bridgehead atoms. The van der Waals surface area contributed by atoms with Gasteiger partial charge in [-0.25, -0.2) is 9.97 Å². The van der Waals surface area contributed by atoms with Gasteiger partial charge in [0, 0.05) is 11.8 Å². The van der Waals surface area contributed by atoms with Crippen LogP contribution in [0.4, 0.5) is 0 Å². The standard InChI is InChI=1S/C8H7ClN4S2/c1-4-3-10-7(9)11-6(4)15-8-13-12-5(2)14-8/h3H,1-2H3. The predicted octanol–water partition coefficient (Wildman–Crippen LogP) is 2.75. The van der Waals surface area contributed by atoms with Gasteiger partial charge in [0.15, 0.2) is 4.34 Å². The van der Waals surface area contributed by atoms with Gasteiger partial charge in [0.25, 0.3) is 0 Å². The van der Waals surface area contributed by atoms with E-state index < -0.39 is 0 Å². The van der Waals surface area contributed by atoms with Crippen molar-refractivity contribution in [2.45, 2.75) is 23.2 Å². The summed E-state index contributed by atoms with van der Waals surface area (Å²) in [7, 11) is 0. The van der Waals surface area contributed by atoms with Crippen molar-refractivity contribution in [3.8, 4) is 0 Å². The first-order chi connectivity index (χ1) is 7.15. The lowest BCUT2D eigenvalue weighted by atomic mass is 10.4. The molecule has 0 fully saturated rings. The normalized spacial score (nSPS) is 10.6. The molecule has 0 aliphatic carbocycles. The van der Waals surface area contributed by atoms with Gasteiger partial charge in [-0.15, -0.1) is 10.2 Å². The van der Waals surface area contributed by atoms with Gasteiger partial charge in [-0.3, -0.25) is 0 Å². The first-order valence-electron chi connectivity index (χ1n) is 4.12. The summed E-state index contributed by atoms with van der Waals surface area (Å²) in [6, 6.07) is 0. The third kappa shape index (κ3) is 2.64. The molecule has 2 heterocycles. The fourth-order valence-electron chi connectivity index (χ4n) is 0.912. The van der Waals surface area contributed by atoms with Gasteiger partial charge in [0.1, 0.15) is 10.0 Å². The Hall–Kier alpha value is -0.720. The summed E-state index contributed by atoms with van der Waals surface area (Å²) in [5, 5.41) is 9.97. The van der Waals surface area contributed by atoms with Crippen molar-refractivity contribution in [3.05, 3.63) is 22.1 Å². The lowest BCUT2D eigenvalue weighted by Crippen LogP contribution is -1.89. The molecule has 0 saturated carbocycles. The van der Waals surface area contributed by atoms with Gasteiger partial charge in [-0.05, 0) is 37.2 Å². The maximum absolute atomic E-state index is 5.72. The SMILES string of the molecule is Cc1nnc(Sc2nc(Cl)ncc2C)s1. The van der Waals surface area contributed by atoms with Gasteiger partial charge in [0.2, 0.25) is 5.28 Å². The van der Waals surface area contributed by atoms with E-state index in [4.69, 9.17) is 11.6 Å². The molecule has 0 spiro atoms. The molecule has 15 heavy (non-hydrogen) atoms. The molecule has 0 saturated heterocycles. The second-order valence-corrected chi connectivity index (χ2v) is 5.57. The molecular formula is C8H7ClN4S2. The highest BCUT2D eigenvalue weighted by molar-refractivity contribution is 8.01. The van der Waals surface area contributed by atoms with Gasteiger partial charge < -0.3 is 0 Å². The summed E-state index contributed by atoms with van der Waals surface area (Å²) in [4.78, 5) is 8.03. The Morgan fingerprint density at radius 3 is 2.80 bits per heavy atom. The molecule has 0 unspecified atom stereocenters. The summed E-state index contributed by atoms with van der Waals surface area (Å²) in [5.41, 5.74) is 0.984. The molecule has 4 nitrogen and oxygen atoms in total. The highest BCUT2D eigenvalue weighted by Crippen LogP contribution is 2.30. The molecule has 0 aromatic carbocycles. The van der Waals surface area contributed by atoms with Crippen molar-refractivity contribution in [2.75, 3.05) is 0 Å². The summed E-state index contributed by atoms with van der Waals surface area (Å²) in [6.07, 6.45) is 1.70. The zero-order chi connectivity index (χ0) is 10.8. The first-order valence-corrected chi connectivity index (χ1v) is 6.13. The number of rotatable bonds is 2. The average molecular weight is 259 g/mol. The van der Waals surface area contributed by atoms with E-state index in [2.05, 4.69) is 20.2 Å². The molecular weight excluding hydrogens is 252 g/mol. The highest BCUT2D eigenvalue weighted by Gasteiger charge is 2.08. The minimum Gasteiger partial charge on any atom is -0.226 e. The third-order valence-electron chi connectivity index (χ3n) is 1.59. The molecule has 0 aliphatic heterocycles. The lowest BCUT2D eigenvalue weighted by molar-refractivity contribution is 0.969. The minimum absolute atomic E-state index is 0.254. The lowest BCUT2D eigenvalue weighted by Gasteiger charge is -2.00. The number of hydrogen-bond acceptors (Lipinski definition) is 6. The molecule has 0 amide bonds. The van der Waals surface area contributed by atoms with E-state index in [-0.39, 0.29) is 5.28 Å². The van der Waals surface area contributed by atoms with E-state index in [9.17, 15) is 0 Å². The van der Waals surface area contributed by atoms with Crippen molar-refractivity contribution < 1.29 is 0 Å². The van der Waals surface area contributed by atoms with Crippen LogP contribution in [-0.4, -0.2) is 20.2 Å². The monoisotopic (exact) mass is 258 g/mol. The number of halogens is 1. The van der Waals surface area contributed by atoms with Crippen LogP contribution in [0.25, 0.3) is 0 Å². The maximum Gasteiger partial charge on any atom is 0.223 e. The third-order valence-corrected chi connectivity index (χ3v) is 3.77. The average Bonchev–Trinajstić information content (AvgIpc) is 2.58. The Kier molecular flexibility index (Phi) is 3.18. The summed E-state index contributed by atoms with van der Waals surface area (Å²) in [6.45, 7) is 3.86. The summed E-state index contributed by atoms with van der Waals surface area (Å²) >= 11 is 8.71. The molecule has 7 heteroatoms. The van der Waals surface area contributed by atoms with Crippen LogP contribution in [0, 0.1) is 13.8 Å². The summed E-state index contributed by atoms with van der Waals surface area (Å²) < 4.78 is 0.866. The second kappa shape index (κ2) is 4.42. The molecule has 2 rings (SSSR count). The van der Waals surface area contributed by atoms with Crippen molar-refractivity contribution in [1.29, 1.82) is 0 Å². The molecule has 0 radical (unpaired) electrons. The van der Waals surface area contributed by atoms with Gasteiger partial charge >= 0.3 is 0 Å². The Morgan fingerprint density at radius 1 is 1.33 bits per heavy atom. The number of hydrogen-bond donors (Lipinski definition) is 0. The van der Waals surface area contributed by atoms with Crippen LogP contribution in [0.2, 0.25) is 5.28 Å². The summed E-state index contributed by atoms with van der Waals surface area (Å²) in [5.74, 6) is 0. The Morgan fingerprint density at radius 2 is 2.13 bits per heavy atom. The van der Waals surface area contributed by atoms with E-state index in [0.29, 0.717) is 0 Å². The van der Waals surface area contributed by atoms with Gasteiger partial charge in [-0.2, -0.15) is 0 Å². The zero-order valence-electron chi connectivity index (χ0n) is 8.06. The fourth-order valence-corrected chi connectivity index (χ4v) is 2.87. The van der Waals surface area contributed by atoms with Crippen LogP contribution in [-0.2, 0) is 0 Å². The first kappa shape index (κ1) is 10.8. The van der Waals surface area contributed by atoms with E-state index in [0.717, 1.165) is 19.9 Å². The minimum atomic E-state index is 0.254. The van der Waals surface area contributed by atoms with Crippen LogP contribution < -0.4 is 0 Å². The second-order valence-electron chi connectivity index (χ2n) is 2.82. The van der Waals surface area contributed by atoms with E-state index in [1.807, 2.05) is 13.8 Å². The van der Waals surface area contributed by atoms with Crippen LogP contribution in [0.5, 0.6) is 0 Å². The van der Waals surface area contributed by atoms with Crippen LogP contribution in [0.1, 0.15) is 10.6 Å². The van der Waals surface area contributed by atoms with E-state index in [1.54, 1.807) is 6.20 Å². The maximum atomic E-state index is 5.72. The topological polar surface area (TPSA) is 51.6 Å². The van der Waals surface area contributed by atoms with Gasteiger partial charge in [-0.1, -0.05) is 11.3 Å². The Balaban J connectivity index is 2.27. The zero-order valence-corrected chi connectivity index (χ0v) is 10.4. The molecule has 0 N–H and O–H groups in total. The van der Waals surface area contributed by atoms with Crippen molar-refractivity contribution in [2.24, 2.45) is 0 Å². The molecule has 2 aromatic heterocycles. The predicted molar refractivity (Wildman–Crippen MR) is 60.5 cm³/mol. The van der Waals surface area contributed by atoms with E-state index in [1.165, 1.54) is 23.1 Å². The number of aryl methyl sites for hydroxylation is 2. The Labute approximate surface area is 100 Å². The van der Waals surface area contributed by atoms with Crippen LogP contribution >= 0.6 is 34.7 Å². The van der Waals surface area contributed by atoms with Crippen LogP contribution in [0.3, 0.4) is 0 Å². The smallest absolute Gasteiger partial charge is 0.223 e. The highest BCUT2D eigenvalue weighted by atomic mass is 35.5. The number of nitrogens with zero attached hydrogens (tertiary/aromatic N) is 4. The van der Waals surface area contributed by atoms with E-state index >= 15 is 0 Å². The van der Waals surface area contributed by atoms with Gasteiger partial charge in [0.05, 0.1) is 0 Å². The molecule has 0 atom stereocenters. The van der Waals surface area contributed by atoms with Crippen molar-refractivity contribution in [3.63, 3.8) is 0 Å². The van der Waals surface area contributed by atoms with Crippen molar-refractivity contribution in [1.82, 2.24) is 20.2 Å². The largest absolute Gasteiger partial charge is 0.226 e. The molecule has 2 aromatic rings.